The van der Waals surface area contributed by atoms with Gasteiger partial charge in [0.1, 0.15) is 0 Å². The van der Waals surface area contributed by atoms with Crippen molar-refractivity contribution >= 4 is 11.9 Å². The number of carboxylic acids is 2. The molecule has 0 aliphatic carbocycles. The third-order valence-corrected chi connectivity index (χ3v) is 5.88. The maximum absolute atomic E-state index is 12.1. The fourth-order valence-electron chi connectivity index (χ4n) is 4.48. The minimum Gasteiger partial charge on any atom is -0.478 e. The van der Waals surface area contributed by atoms with Crippen molar-refractivity contribution in [1.82, 2.24) is 0 Å². The highest BCUT2D eigenvalue weighted by molar-refractivity contribution is 6.04. The second-order valence-corrected chi connectivity index (χ2v) is 8.14. The van der Waals surface area contributed by atoms with E-state index in [1.54, 1.807) is 24.3 Å². The average Bonchev–Trinajstić information content (AvgIpc) is 2.78. The quantitative estimate of drug-likeness (QED) is 0.382. The first-order valence-electron chi connectivity index (χ1n) is 11.2. The van der Waals surface area contributed by atoms with E-state index in [0.29, 0.717) is 11.1 Å². The molecule has 166 valence electrons. The number of carboxylic acid groups (broad SMARTS) is 2. The molecule has 3 aromatic rings. The Bertz CT molecular complexity index is 1140. The fraction of sp³-hybridized carbons (Fsp3) is 0.286. The Morgan fingerprint density at radius 2 is 1.28 bits per heavy atom. The molecule has 0 unspecified atom stereocenters. The van der Waals surface area contributed by atoms with E-state index in [1.165, 1.54) is 5.56 Å². The molecule has 0 spiro atoms. The van der Waals surface area contributed by atoms with E-state index in [1.807, 2.05) is 31.2 Å². The molecular weight excluding hydrogens is 400 g/mol. The van der Waals surface area contributed by atoms with Gasteiger partial charge >= 0.3 is 11.9 Å². The van der Waals surface area contributed by atoms with E-state index in [2.05, 4.69) is 19.9 Å². The van der Waals surface area contributed by atoms with Gasteiger partial charge in [0.25, 0.3) is 0 Å². The van der Waals surface area contributed by atoms with Crippen molar-refractivity contribution in [2.75, 3.05) is 0 Å². The van der Waals surface area contributed by atoms with E-state index in [0.717, 1.165) is 54.4 Å². The zero-order valence-electron chi connectivity index (χ0n) is 18.9. The van der Waals surface area contributed by atoms with Crippen LogP contribution in [0, 0.1) is 6.92 Å². The number of rotatable bonds is 9. The van der Waals surface area contributed by atoms with Gasteiger partial charge in [-0.1, -0.05) is 69.2 Å². The molecule has 0 radical (unpaired) electrons. The molecule has 0 aliphatic rings. The van der Waals surface area contributed by atoms with Gasteiger partial charge in [-0.3, -0.25) is 0 Å². The minimum absolute atomic E-state index is 0.217. The van der Waals surface area contributed by atoms with E-state index in [4.69, 9.17) is 0 Å². The highest BCUT2D eigenvalue weighted by Crippen LogP contribution is 2.43. The van der Waals surface area contributed by atoms with Crippen LogP contribution < -0.4 is 0 Å². The molecule has 3 aromatic carbocycles. The summed E-state index contributed by atoms with van der Waals surface area (Å²) in [4.78, 5) is 24.2. The van der Waals surface area contributed by atoms with Gasteiger partial charge in [-0.25, -0.2) is 9.59 Å². The summed E-state index contributed by atoms with van der Waals surface area (Å²) in [6.45, 7) is 6.26. The molecule has 0 amide bonds. The smallest absolute Gasteiger partial charge is 0.336 e. The van der Waals surface area contributed by atoms with Crippen LogP contribution in [0.25, 0.3) is 22.3 Å². The molecule has 0 saturated carbocycles. The molecule has 4 heteroatoms. The molecule has 0 bridgehead atoms. The van der Waals surface area contributed by atoms with Gasteiger partial charge in [0.2, 0.25) is 0 Å². The van der Waals surface area contributed by atoms with Gasteiger partial charge in [0.05, 0.1) is 11.1 Å². The minimum atomic E-state index is -0.995. The third kappa shape index (κ3) is 4.59. The summed E-state index contributed by atoms with van der Waals surface area (Å²) in [6.07, 6.45) is 4.67. The first-order chi connectivity index (χ1) is 15.4. The zero-order chi connectivity index (χ0) is 23.3. The Labute approximate surface area is 189 Å². The van der Waals surface area contributed by atoms with E-state index < -0.39 is 11.9 Å². The highest BCUT2D eigenvalue weighted by Gasteiger charge is 2.24. The number of aryl methyl sites for hydroxylation is 2. The summed E-state index contributed by atoms with van der Waals surface area (Å²) in [5.41, 5.74) is 6.67. The molecule has 0 atom stereocenters. The van der Waals surface area contributed by atoms with Crippen molar-refractivity contribution in [2.24, 2.45) is 0 Å². The van der Waals surface area contributed by atoms with Crippen LogP contribution in [0.1, 0.15) is 70.5 Å². The van der Waals surface area contributed by atoms with Gasteiger partial charge in [0, 0.05) is 0 Å². The van der Waals surface area contributed by atoms with Gasteiger partial charge in [-0.05, 0) is 77.3 Å². The maximum atomic E-state index is 12.1. The van der Waals surface area contributed by atoms with Crippen molar-refractivity contribution in [2.45, 2.75) is 52.9 Å². The SMILES string of the molecule is CCCCc1c(CCC)cc(C)c(-c2ccccc2C(=O)O)c1-c1ccccc1C(=O)O. The van der Waals surface area contributed by atoms with Crippen LogP contribution >= 0.6 is 0 Å². The number of unbranched alkanes of at least 4 members (excludes halogenated alkanes) is 1. The lowest BCUT2D eigenvalue weighted by molar-refractivity contribution is 0.0686. The Kier molecular flexibility index (Phi) is 7.47. The van der Waals surface area contributed by atoms with Crippen molar-refractivity contribution in [3.8, 4) is 22.3 Å². The maximum Gasteiger partial charge on any atom is 0.336 e. The predicted octanol–water partition coefficient (Wildman–Crippen LogP) is 7.02. The summed E-state index contributed by atoms with van der Waals surface area (Å²) < 4.78 is 0. The summed E-state index contributed by atoms with van der Waals surface area (Å²) in [5, 5.41) is 19.8. The topological polar surface area (TPSA) is 74.6 Å². The Morgan fingerprint density at radius 3 is 1.78 bits per heavy atom. The van der Waals surface area contributed by atoms with Crippen LogP contribution in [0.3, 0.4) is 0 Å². The van der Waals surface area contributed by atoms with Crippen LogP contribution in [-0.2, 0) is 12.8 Å². The first kappa shape index (κ1) is 23.3. The summed E-state index contributed by atoms with van der Waals surface area (Å²) in [7, 11) is 0. The van der Waals surface area contributed by atoms with Crippen LogP contribution in [0.5, 0.6) is 0 Å². The second-order valence-electron chi connectivity index (χ2n) is 8.14. The number of carbonyl (C=O) groups is 2. The van der Waals surface area contributed by atoms with Crippen LogP contribution in [-0.4, -0.2) is 22.2 Å². The van der Waals surface area contributed by atoms with Gasteiger partial charge in [-0.2, -0.15) is 0 Å². The predicted molar refractivity (Wildman–Crippen MR) is 129 cm³/mol. The molecule has 0 aliphatic heterocycles. The van der Waals surface area contributed by atoms with Gasteiger partial charge < -0.3 is 10.2 Å². The molecule has 3 rings (SSSR count). The molecule has 0 fully saturated rings. The van der Waals surface area contributed by atoms with Crippen LogP contribution in [0.15, 0.2) is 54.6 Å². The van der Waals surface area contributed by atoms with Gasteiger partial charge in [0.15, 0.2) is 0 Å². The zero-order valence-corrected chi connectivity index (χ0v) is 18.9. The first-order valence-corrected chi connectivity index (χ1v) is 11.2. The van der Waals surface area contributed by atoms with E-state index in [9.17, 15) is 19.8 Å². The summed E-state index contributed by atoms with van der Waals surface area (Å²) in [5.74, 6) is -1.98. The summed E-state index contributed by atoms with van der Waals surface area (Å²) in [6, 6.07) is 16.2. The number of hydrogen-bond acceptors (Lipinski definition) is 2. The molecule has 2 N–H and O–H groups in total. The lowest BCUT2D eigenvalue weighted by Crippen LogP contribution is -2.08. The Morgan fingerprint density at radius 1 is 0.750 bits per heavy atom. The monoisotopic (exact) mass is 430 g/mol. The van der Waals surface area contributed by atoms with Crippen LogP contribution in [0.2, 0.25) is 0 Å². The van der Waals surface area contributed by atoms with Gasteiger partial charge in [-0.15, -0.1) is 0 Å². The molecular formula is C28H30O4. The van der Waals surface area contributed by atoms with Crippen molar-refractivity contribution in [1.29, 1.82) is 0 Å². The number of aromatic carboxylic acids is 2. The number of hydrogen-bond donors (Lipinski definition) is 2. The third-order valence-electron chi connectivity index (χ3n) is 5.88. The van der Waals surface area contributed by atoms with E-state index >= 15 is 0 Å². The van der Waals surface area contributed by atoms with Crippen LogP contribution in [0.4, 0.5) is 0 Å². The lowest BCUT2D eigenvalue weighted by atomic mass is 9.80. The highest BCUT2D eigenvalue weighted by atomic mass is 16.4. The molecule has 4 nitrogen and oxygen atoms in total. The largest absolute Gasteiger partial charge is 0.478 e. The van der Waals surface area contributed by atoms with Crippen molar-refractivity contribution in [3.05, 3.63) is 82.4 Å². The standard InChI is InChI=1S/C28H30O4/c1-4-6-12-20-19(11-5-2)17-18(3)25(21-13-7-9-15-23(21)27(29)30)26(20)22-14-8-10-16-24(22)28(31)32/h7-10,13-17H,4-6,11-12H2,1-3H3,(H,29,30)(H,31,32). The second kappa shape index (κ2) is 10.3. The Balaban J connectivity index is 2.51. The molecule has 0 heterocycles. The molecule has 0 aromatic heterocycles. The van der Waals surface area contributed by atoms with Crippen molar-refractivity contribution < 1.29 is 19.8 Å². The van der Waals surface area contributed by atoms with E-state index in [-0.39, 0.29) is 11.1 Å². The normalized spacial score (nSPS) is 10.8. The summed E-state index contributed by atoms with van der Waals surface area (Å²) >= 11 is 0. The average molecular weight is 431 g/mol. The fourth-order valence-corrected chi connectivity index (χ4v) is 4.48. The molecule has 32 heavy (non-hydrogen) atoms. The Hall–Kier alpha value is -3.40. The van der Waals surface area contributed by atoms with Crippen molar-refractivity contribution in [3.63, 3.8) is 0 Å². The lowest BCUT2D eigenvalue weighted by Gasteiger charge is -2.24. The molecule has 0 saturated heterocycles. The number of benzene rings is 3.